The van der Waals surface area contributed by atoms with Gasteiger partial charge in [-0.15, -0.1) is 11.7 Å². The number of pyridine rings is 2. The molecule has 2 heterocycles. The molecule has 3 nitrogen and oxygen atoms in total. The van der Waals surface area contributed by atoms with Crippen molar-refractivity contribution in [2.24, 2.45) is 0 Å². The molecule has 0 aliphatic carbocycles. The minimum absolute atomic E-state index is 0.722. The quantitative estimate of drug-likeness (QED) is 0.308. The molecule has 0 aliphatic rings. The standard InChI is InChI=1S/C18H13N3S2/c19-15-7-2-8-16-14(15)10-13(18(21-16)23-22)12-6-1-4-11-5-3-9-20-17(11)12/h1-10,22H,19H2. The lowest BCUT2D eigenvalue weighted by atomic mass is 10.0. The Morgan fingerprint density at radius 1 is 0.957 bits per heavy atom. The molecule has 0 aliphatic heterocycles. The summed E-state index contributed by atoms with van der Waals surface area (Å²) in [7, 11) is 1.33. The van der Waals surface area contributed by atoms with Gasteiger partial charge in [0.15, 0.2) is 0 Å². The van der Waals surface area contributed by atoms with Gasteiger partial charge in [0.05, 0.1) is 11.0 Å². The Morgan fingerprint density at radius 2 is 1.78 bits per heavy atom. The molecule has 0 saturated heterocycles. The molecule has 2 N–H and O–H groups in total. The predicted octanol–water partition coefficient (Wildman–Crippen LogP) is 4.97. The number of benzene rings is 2. The van der Waals surface area contributed by atoms with Crippen molar-refractivity contribution in [1.29, 1.82) is 0 Å². The second-order valence-electron chi connectivity index (χ2n) is 5.23. The Morgan fingerprint density at radius 3 is 2.65 bits per heavy atom. The molecule has 0 radical (unpaired) electrons. The summed E-state index contributed by atoms with van der Waals surface area (Å²) in [4.78, 5) is 9.26. The maximum absolute atomic E-state index is 6.13. The fraction of sp³-hybridized carbons (Fsp3) is 0. The first-order chi connectivity index (χ1) is 11.3. The molecule has 4 aromatic rings. The SMILES string of the molecule is Nc1cccc2nc(SS)c(-c3cccc4cccnc34)cc12. The van der Waals surface area contributed by atoms with Gasteiger partial charge in [-0.05, 0) is 35.1 Å². The monoisotopic (exact) mass is 335 g/mol. The van der Waals surface area contributed by atoms with Crippen LogP contribution in [0.5, 0.6) is 0 Å². The molecular formula is C18H13N3S2. The number of rotatable bonds is 2. The molecule has 23 heavy (non-hydrogen) atoms. The first-order valence-corrected chi connectivity index (χ1v) is 8.99. The molecule has 0 bridgehead atoms. The van der Waals surface area contributed by atoms with Gasteiger partial charge in [0.2, 0.25) is 0 Å². The summed E-state index contributed by atoms with van der Waals surface area (Å²) in [5, 5.41) is 2.90. The van der Waals surface area contributed by atoms with Gasteiger partial charge in [-0.25, -0.2) is 4.98 Å². The average molecular weight is 335 g/mol. The summed E-state index contributed by atoms with van der Waals surface area (Å²) < 4.78 is 0. The minimum atomic E-state index is 0.722. The fourth-order valence-corrected chi connectivity index (χ4v) is 3.61. The zero-order valence-electron chi connectivity index (χ0n) is 12.1. The van der Waals surface area contributed by atoms with Crippen LogP contribution in [-0.4, -0.2) is 9.97 Å². The summed E-state index contributed by atoms with van der Waals surface area (Å²) >= 11 is 4.38. The van der Waals surface area contributed by atoms with Crippen LogP contribution in [0.3, 0.4) is 0 Å². The van der Waals surface area contributed by atoms with Crippen molar-refractivity contribution >= 4 is 49.9 Å². The Kier molecular flexibility index (Phi) is 3.59. The highest BCUT2D eigenvalue weighted by atomic mass is 33.1. The van der Waals surface area contributed by atoms with E-state index >= 15 is 0 Å². The molecule has 2 aromatic heterocycles. The molecule has 5 heteroatoms. The number of para-hydroxylation sites is 1. The summed E-state index contributed by atoms with van der Waals surface area (Å²) in [6.07, 6.45) is 1.81. The third kappa shape index (κ3) is 2.42. The van der Waals surface area contributed by atoms with Crippen LogP contribution in [0.15, 0.2) is 65.8 Å². The van der Waals surface area contributed by atoms with Gasteiger partial charge in [-0.3, -0.25) is 4.98 Å². The molecule has 4 rings (SSSR count). The zero-order chi connectivity index (χ0) is 15.8. The van der Waals surface area contributed by atoms with Crippen molar-refractivity contribution in [2.75, 3.05) is 5.73 Å². The topological polar surface area (TPSA) is 51.8 Å². The van der Waals surface area contributed by atoms with E-state index in [1.54, 1.807) is 0 Å². The molecule has 112 valence electrons. The average Bonchev–Trinajstić information content (AvgIpc) is 2.60. The Hall–Kier alpha value is -2.24. The van der Waals surface area contributed by atoms with Crippen molar-refractivity contribution in [3.63, 3.8) is 0 Å². The summed E-state index contributed by atoms with van der Waals surface area (Å²) in [5.74, 6) is 0. The van der Waals surface area contributed by atoms with Crippen LogP contribution in [0.4, 0.5) is 5.69 Å². The van der Waals surface area contributed by atoms with E-state index in [4.69, 9.17) is 10.7 Å². The van der Waals surface area contributed by atoms with Crippen LogP contribution in [-0.2, 0) is 0 Å². The first kappa shape index (κ1) is 14.4. The molecule has 0 saturated carbocycles. The highest BCUT2D eigenvalue weighted by Gasteiger charge is 2.13. The van der Waals surface area contributed by atoms with E-state index in [1.807, 2.05) is 36.5 Å². The number of thiol groups is 1. The Bertz CT molecular complexity index is 1030. The number of nitrogens with zero attached hydrogens (tertiary/aromatic N) is 2. The second-order valence-corrected chi connectivity index (χ2v) is 6.34. The van der Waals surface area contributed by atoms with Crippen molar-refractivity contribution in [3.8, 4) is 11.1 Å². The fourth-order valence-electron chi connectivity index (χ4n) is 2.78. The van der Waals surface area contributed by atoms with E-state index in [9.17, 15) is 0 Å². The number of nitrogens with two attached hydrogens (primary N) is 1. The van der Waals surface area contributed by atoms with Crippen LogP contribution in [0.1, 0.15) is 0 Å². The van der Waals surface area contributed by atoms with Crippen molar-refractivity contribution in [3.05, 3.63) is 60.8 Å². The van der Waals surface area contributed by atoms with E-state index in [2.05, 4.69) is 40.9 Å². The Labute approximate surface area is 142 Å². The van der Waals surface area contributed by atoms with Crippen LogP contribution in [0.2, 0.25) is 0 Å². The second kappa shape index (κ2) is 5.76. The minimum Gasteiger partial charge on any atom is -0.398 e. The highest BCUT2D eigenvalue weighted by molar-refractivity contribution is 8.68. The number of hydrogen-bond donors (Lipinski definition) is 2. The van der Waals surface area contributed by atoms with Crippen LogP contribution in [0, 0.1) is 0 Å². The smallest absolute Gasteiger partial charge is 0.115 e. The number of nitrogen functional groups attached to an aromatic ring is 1. The maximum atomic E-state index is 6.13. The molecule has 0 atom stereocenters. The van der Waals surface area contributed by atoms with E-state index in [1.165, 1.54) is 10.8 Å². The van der Waals surface area contributed by atoms with Crippen LogP contribution in [0.25, 0.3) is 32.9 Å². The number of hydrogen-bond acceptors (Lipinski definition) is 5. The summed E-state index contributed by atoms with van der Waals surface area (Å²) in [6, 6.07) is 18.0. The van der Waals surface area contributed by atoms with Gasteiger partial charge >= 0.3 is 0 Å². The molecule has 2 aromatic carbocycles. The summed E-state index contributed by atoms with van der Waals surface area (Å²) in [5.41, 5.74) is 10.7. The van der Waals surface area contributed by atoms with Crippen molar-refractivity contribution < 1.29 is 0 Å². The molecule has 0 spiro atoms. The van der Waals surface area contributed by atoms with Crippen molar-refractivity contribution in [2.45, 2.75) is 5.03 Å². The summed E-state index contributed by atoms with van der Waals surface area (Å²) in [6.45, 7) is 0. The number of anilines is 1. The largest absolute Gasteiger partial charge is 0.398 e. The normalized spacial score (nSPS) is 11.2. The molecule has 0 unspecified atom stereocenters. The third-order valence-electron chi connectivity index (χ3n) is 3.87. The van der Waals surface area contributed by atoms with E-state index in [-0.39, 0.29) is 0 Å². The van der Waals surface area contributed by atoms with Crippen LogP contribution >= 0.6 is 22.5 Å². The van der Waals surface area contributed by atoms with E-state index < -0.39 is 0 Å². The number of aromatic nitrogens is 2. The third-order valence-corrected chi connectivity index (χ3v) is 4.87. The lowest BCUT2D eigenvalue weighted by Gasteiger charge is -2.11. The van der Waals surface area contributed by atoms with Gasteiger partial charge < -0.3 is 5.73 Å². The van der Waals surface area contributed by atoms with E-state index in [0.29, 0.717) is 0 Å². The van der Waals surface area contributed by atoms with Crippen LogP contribution < -0.4 is 5.73 Å². The predicted molar refractivity (Wildman–Crippen MR) is 102 cm³/mol. The lowest BCUT2D eigenvalue weighted by molar-refractivity contribution is 1.20. The lowest BCUT2D eigenvalue weighted by Crippen LogP contribution is -1.93. The number of fused-ring (bicyclic) bond motifs is 2. The maximum Gasteiger partial charge on any atom is 0.115 e. The van der Waals surface area contributed by atoms with Gasteiger partial charge in [0.1, 0.15) is 5.03 Å². The highest BCUT2D eigenvalue weighted by Crippen LogP contribution is 2.38. The van der Waals surface area contributed by atoms with Gasteiger partial charge in [0.25, 0.3) is 0 Å². The Balaban J connectivity index is 2.09. The molecule has 0 fully saturated rings. The van der Waals surface area contributed by atoms with E-state index in [0.717, 1.165) is 43.6 Å². The molecule has 0 amide bonds. The van der Waals surface area contributed by atoms with Crippen molar-refractivity contribution in [1.82, 2.24) is 9.97 Å². The van der Waals surface area contributed by atoms with Gasteiger partial charge in [-0.2, -0.15) is 0 Å². The molecular weight excluding hydrogens is 322 g/mol. The van der Waals surface area contributed by atoms with Gasteiger partial charge in [-0.1, -0.05) is 30.3 Å². The first-order valence-electron chi connectivity index (χ1n) is 7.13. The zero-order valence-corrected chi connectivity index (χ0v) is 13.8. The van der Waals surface area contributed by atoms with Gasteiger partial charge in [0, 0.05) is 33.8 Å².